The number of aromatic nitrogens is 2. The fraction of sp³-hybridized carbons (Fsp3) is 0.225. The van der Waals surface area contributed by atoms with Gasteiger partial charge in [0.1, 0.15) is 5.03 Å². The summed E-state index contributed by atoms with van der Waals surface area (Å²) in [4.78, 5) is 55.1. The van der Waals surface area contributed by atoms with E-state index in [4.69, 9.17) is 16.6 Å². The molecule has 0 bridgehead atoms. The second kappa shape index (κ2) is 14.5. The third kappa shape index (κ3) is 6.75. The van der Waals surface area contributed by atoms with Gasteiger partial charge in [-0.1, -0.05) is 84.0 Å². The van der Waals surface area contributed by atoms with Crippen molar-refractivity contribution < 1.29 is 19.5 Å². The molecule has 2 aliphatic rings. The van der Waals surface area contributed by atoms with E-state index >= 15 is 0 Å². The SMILES string of the molecule is O=C(O)c1cccnc1SC1=CC=NC1(CCC(=O)N1CCC(C(c2ccccc2)c2ccccc2)CC1)C(=O)c1cc2cc(Cl)ccc2[nH]1. The summed E-state index contributed by atoms with van der Waals surface area (Å²) in [5.41, 5.74) is 2.20. The molecule has 1 fully saturated rings. The average Bonchev–Trinajstić information content (AvgIpc) is 3.76. The normalized spacial score (nSPS) is 17.7. The van der Waals surface area contributed by atoms with Crippen molar-refractivity contribution in [1.82, 2.24) is 14.9 Å². The lowest BCUT2D eigenvalue weighted by molar-refractivity contribution is -0.132. The minimum Gasteiger partial charge on any atom is -0.478 e. The summed E-state index contributed by atoms with van der Waals surface area (Å²) in [7, 11) is 0. The molecule has 10 heteroatoms. The predicted octanol–water partition coefficient (Wildman–Crippen LogP) is 8.45. The Bertz CT molecular complexity index is 2070. The number of nitrogens with one attached hydrogen (secondary N) is 1. The number of amides is 1. The van der Waals surface area contributed by atoms with Gasteiger partial charge in [-0.25, -0.2) is 9.78 Å². The Hall–Kier alpha value is -4.99. The van der Waals surface area contributed by atoms with E-state index in [1.54, 1.807) is 36.6 Å². The zero-order valence-corrected chi connectivity index (χ0v) is 28.7. The second-order valence-electron chi connectivity index (χ2n) is 12.7. The van der Waals surface area contributed by atoms with Crippen LogP contribution >= 0.6 is 23.4 Å². The quantitative estimate of drug-likeness (QED) is 0.134. The Morgan fingerprint density at radius 2 is 1.64 bits per heavy atom. The maximum atomic E-state index is 14.5. The highest BCUT2D eigenvalue weighted by Gasteiger charge is 2.46. The molecule has 0 saturated carbocycles. The number of hydrogen-bond acceptors (Lipinski definition) is 6. The summed E-state index contributed by atoms with van der Waals surface area (Å²) in [5, 5.41) is 11.4. The number of aliphatic imine (C=N–C) groups is 1. The van der Waals surface area contributed by atoms with Crippen LogP contribution in [-0.4, -0.2) is 62.5 Å². The zero-order valence-electron chi connectivity index (χ0n) is 27.2. The number of piperidine rings is 1. The molecule has 2 aliphatic heterocycles. The largest absolute Gasteiger partial charge is 0.478 e. The molecule has 1 amide bonds. The van der Waals surface area contributed by atoms with Gasteiger partial charge in [-0.2, -0.15) is 0 Å². The van der Waals surface area contributed by atoms with Gasteiger partial charge in [0.2, 0.25) is 11.7 Å². The summed E-state index contributed by atoms with van der Waals surface area (Å²) in [6, 6.07) is 31.2. The number of ketones is 1. The molecular weight excluding hydrogens is 668 g/mol. The van der Waals surface area contributed by atoms with Gasteiger partial charge in [0, 0.05) is 58.7 Å². The molecule has 0 spiro atoms. The second-order valence-corrected chi connectivity index (χ2v) is 14.2. The van der Waals surface area contributed by atoms with Crippen LogP contribution in [0.2, 0.25) is 5.02 Å². The molecule has 50 heavy (non-hydrogen) atoms. The van der Waals surface area contributed by atoms with Crippen LogP contribution in [-0.2, 0) is 4.79 Å². The summed E-state index contributed by atoms with van der Waals surface area (Å²) < 4.78 is 0. The molecule has 252 valence electrons. The van der Waals surface area contributed by atoms with E-state index < -0.39 is 11.5 Å². The van der Waals surface area contributed by atoms with Crippen molar-refractivity contribution >= 4 is 58.1 Å². The number of Topliss-reactive ketones (excluding diaryl/α,β-unsaturated/α-hetero) is 1. The number of likely N-dealkylation sites (tertiary alicyclic amines) is 1. The topological polar surface area (TPSA) is 116 Å². The lowest BCUT2D eigenvalue weighted by Crippen LogP contribution is -2.42. The lowest BCUT2D eigenvalue weighted by Gasteiger charge is -2.37. The Morgan fingerprint density at radius 3 is 2.32 bits per heavy atom. The minimum atomic E-state index is -1.44. The molecule has 3 aromatic carbocycles. The van der Waals surface area contributed by atoms with Gasteiger partial charge in [-0.15, -0.1) is 0 Å². The molecule has 1 saturated heterocycles. The van der Waals surface area contributed by atoms with Crippen LogP contribution in [0.4, 0.5) is 0 Å². The number of thioether (sulfide) groups is 1. The molecule has 5 aromatic rings. The molecule has 2 N–H and O–H groups in total. The van der Waals surface area contributed by atoms with E-state index in [1.807, 2.05) is 23.1 Å². The van der Waals surface area contributed by atoms with Crippen molar-refractivity contribution in [2.24, 2.45) is 10.9 Å². The van der Waals surface area contributed by atoms with Crippen LogP contribution in [0.1, 0.15) is 63.6 Å². The summed E-state index contributed by atoms with van der Waals surface area (Å²) in [6.07, 6.45) is 6.72. The monoisotopic (exact) mass is 702 g/mol. The van der Waals surface area contributed by atoms with E-state index in [9.17, 15) is 19.5 Å². The number of H-pyrrole nitrogens is 1. The van der Waals surface area contributed by atoms with Crippen molar-refractivity contribution in [3.05, 3.63) is 142 Å². The summed E-state index contributed by atoms with van der Waals surface area (Å²) in [6.45, 7) is 1.25. The molecule has 4 heterocycles. The highest BCUT2D eigenvalue weighted by atomic mass is 35.5. The number of carboxylic acid groups (broad SMARTS) is 1. The smallest absolute Gasteiger partial charge is 0.338 e. The third-order valence-electron chi connectivity index (χ3n) is 9.72. The van der Waals surface area contributed by atoms with Crippen LogP contribution in [0.3, 0.4) is 0 Å². The first kappa shape index (κ1) is 33.5. The van der Waals surface area contributed by atoms with Gasteiger partial charge in [-0.05, 0) is 78.8 Å². The van der Waals surface area contributed by atoms with E-state index in [2.05, 4.69) is 58.5 Å². The number of carbonyl (C=O) groups excluding carboxylic acids is 2. The molecule has 1 unspecified atom stereocenters. The minimum absolute atomic E-state index is 0.0233. The number of halogens is 1. The number of fused-ring (bicyclic) bond motifs is 1. The number of hydrogen-bond donors (Lipinski definition) is 2. The molecule has 2 aromatic heterocycles. The van der Waals surface area contributed by atoms with Crippen molar-refractivity contribution in [3.8, 4) is 0 Å². The van der Waals surface area contributed by atoms with Crippen molar-refractivity contribution in [3.63, 3.8) is 0 Å². The number of aromatic carboxylic acids is 1. The van der Waals surface area contributed by atoms with Crippen LogP contribution in [0.15, 0.2) is 124 Å². The predicted molar refractivity (Wildman–Crippen MR) is 197 cm³/mol. The van der Waals surface area contributed by atoms with Gasteiger partial charge in [0.25, 0.3) is 0 Å². The average molecular weight is 703 g/mol. The van der Waals surface area contributed by atoms with E-state index in [1.165, 1.54) is 23.4 Å². The number of carboxylic acids is 1. The summed E-state index contributed by atoms with van der Waals surface area (Å²) in [5.74, 6) is -0.860. The number of carbonyl (C=O) groups is 3. The Labute approximate surface area is 299 Å². The third-order valence-corrected chi connectivity index (χ3v) is 11.2. The Morgan fingerprint density at radius 1 is 0.940 bits per heavy atom. The molecule has 1 atom stereocenters. The number of benzene rings is 3. The van der Waals surface area contributed by atoms with E-state index in [-0.39, 0.29) is 41.0 Å². The number of allylic oxidation sites excluding steroid dienone is 1. The van der Waals surface area contributed by atoms with E-state index in [0.717, 1.165) is 35.5 Å². The molecule has 8 nitrogen and oxygen atoms in total. The van der Waals surface area contributed by atoms with Gasteiger partial charge in [0.15, 0.2) is 5.54 Å². The number of pyridine rings is 1. The van der Waals surface area contributed by atoms with Gasteiger partial charge >= 0.3 is 5.97 Å². The van der Waals surface area contributed by atoms with Crippen molar-refractivity contribution in [2.75, 3.05) is 13.1 Å². The van der Waals surface area contributed by atoms with Crippen molar-refractivity contribution in [2.45, 2.75) is 42.2 Å². The van der Waals surface area contributed by atoms with Gasteiger partial charge < -0.3 is 15.0 Å². The number of aromatic amines is 1. The standard InChI is InChI=1S/C40H35ClN4O4S/c41-30-13-14-32-29(24-30)25-33(44-32)37(47)40(34(16-21-43-40)50-38-31(39(48)49)12-7-20-42-38)19-15-35(46)45-22-17-28(18-23-45)36(26-8-3-1-4-9-26)27-10-5-2-6-11-27/h1-14,16,20-21,24-25,28,36,44H,15,17-19,22-23H2,(H,48,49). The lowest BCUT2D eigenvalue weighted by atomic mass is 9.76. The highest BCUT2D eigenvalue weighted by Crippen LogP contribution is 2.45. The maximum Gasteiger partial charge on any atom is 0.338 e. The maximum absolute atomic E-state index is 14.5. The summed E-state index contributed by atoms with van der Waals surface area (Å²) >= 11 is 7.33. The molecule has 0 radical (unpaired) electrons. The van der Waals surface area contributed by atoms with Crippen LogP contribution in [0, 0.1) is 5.92 Å². The number of nitrogens with zero attached hydrogens (tertiary/aromatic N) is 3. The van der Waals surface area contributed by atoms with Gasteiger partial charge in [0.05, 0.1) is 11.3 Å². The van der Waals surface area contributed by atoms with Crippen LogP contribution in [0.25, 0.3) is 10.9 Å². The Balaban J connectivity index is 1.11. The first-order chi connectivity index (χ1) is 24.3. The molecule has 0 aliphatic carbocycles. The molecular formula is C40H35ClN4O4S. The first-order valence-electron chi connectivity index (χ1n) is 16.7. The Kier molecular flexibility index (Phi) is 9.70. The van der Waals surface area contributed by atoms with E-state index in [0.29, 0.717) is 34.6 Å². The number of rotatable bonds is 11. The van der Waals surface area contributed by atoms with Gasteiger partial charge in [-0.3, -0.25) is 14.6 Å². The van der Waals surface area contributed by atoms with Crippen LogP contribution in [0.5, 0.6) is 0 Å². The highest BCUT2D eigenvalue weighted by molar-refractivity contribution is 8.03. The van der Waals surface area contributed by atoms with Crippen molar-refractivity contribution in [1.29, 1.82) is 0 Å². The fourth-order valence-electron chi connectivity index (χ4n) is 7.20. The van der Waals surface area contributed by atoms with Crippen LogP contribution < -0.4 is 0 Å². The first-order valence-corrected chi connectivity index (χ1v) is 17.8. The molecule has 7 rings (SSSR count). The fourth-order valence-corrected chi connectivity index (χ4v) is 8.51. The zero-order chi connectivity index (χ0) is 34.7.